The lowest BCUT2D eigenvalue weighted by Crippen LogP contribution is -2.24. The highest BCUT2D eigenvalue weighted by Crippen LogP contribution is 2.32. The van der Waals surface area contributed by atoms with Crippen molar-refractivity contribution in [1.82, 2.24) is 14.7 Å². The van der Waals surface area contributed by atoms with Gasteiger partial charge in [0.15, 0.2) is 0 Å². The number of fused-ring (bicyclic) bond motifs is 1. The Morgan fingerprint density at radius 3 is 2.44 bits per heavy atom. The van der Waals surface area contributed by atoms with E-state index in [2.05, 4.69) is 14.7 Å². The molecule has 176 valence electrons. The molecule has 1 N–H and O–H groups in total. The van der Waals surface area contributed by atoms with Crippen LogP contribution in [0.3, 0.4) is 0 Å². The summed E-state index contributed by atoms with van der Waals surface area (Å²) in [6, 6.07) is 10.3. The van der Waals surface area contributed by atoms with Crippen molar-refractivity contribution in [3.05, 3.63) is 76.3 Å². The maximum absolute atomic E-state index is 13.4. The normalized spacial score (nSPS) is 11.8. The molecule has 4 rings (SSSR count). The molecule has 0 unspecified atom stereocenters. The second-order valence-corrected chi connectivity index (χ2v) is 7.55. The number of benzene rings is 2. The van der Waals surface area contributed by atoms with Crippen molar-refractivity contribution in [2.45, 2.75) is 31.9 Å². The Balaban J connectivity index is 1.80. The van der Waals surface area contributed by atoms with Crippen LogP contribution in [0.1, 0.15) is 30.8 Å². The Bertz CT molecular complexity index is 1410. The van der Waals surface area contributed by atoms with E-state index in [1.807, 2.05) is 0 Å². The Labute approximate surface area is 189 Å². The Morgan fingerprint density at radius 2 is 1.79 bits per heavy atom. The molecule has 0 spiro atoms. The van der Waals surface area contributed by atoms with E-state index in [0.29, 0.717) is 24.4 Å². The van der Waals surface area contributed by atoms with Gasteiger partial charge in [-0.15, -0.1) is 0 Å². The number of aryl methyl sites for hydroxylation is 1. The summed E-state index contributed by atoms with van der Waals surface area (Å²) in [6.07, 6.45) is -3.71. The van der Waals surface area contributed by atoms with E-state index in [0.717, 1.165) is 6.07 Å². The first-order chi connectivity index (χ1) is 16.1. The zero-order valence-corrected chi connectivity index (χ0v) is 17.5. The average Bonchev–Trinajstić information content (AvgIpc) is 3.28. The number of halogens is 4. The van der Waals surface area contributed by atoms with E-state index < -0.39 is 29.3 Å². The van der Waals surface area contributed by atoms with Gasteiger partial charge in [0.1, 0.15) is 17.3 Å². The molecule has 34 heavy (non-hydrogen) atoms. The topological polar surface area (TPSA) is 98.2 Å². The number of alkyl halides is 3. The highest BCUT2D eigenvalue weighted by Gasteiger charge is 2.36. The molecule has 0 saturated heterocycles. The maximum atomic E-state index is 13.4. The Kier molecular flexibility index (Phi) is 6.18. The molecule has 0 aliphatic carbocycles. The molecule has 0 bridgehead atoms. The van der Waals surface area contributed by atoms with Crippen LogP contribution in [-0.2, 0) is 17.4 Å². The zero-order chi connectivity index (χ0) is 24.5. The molecular weight excluding hydrogens is 458 g/mol. The second-order valence-electron chi connectivity index (χ2n) is 7.55. The summed E-state index contributed by atoms with van der Waals surface area (Å²) in [6.45, 7) is 0. The van der Waals surface area contributed by atoms with Gasteiger partial charge in [-0.1, -0.05) is 11.2 Å². The largest absolute Gasteiger partial charge is 0.481 e. The number of hydrogen-bond donors (Lipinski definition) is 1. The number of aliphatic carboxylic acids is 1. The molecule has 2 aromatic carbocycles. The first kappa shape index (κ1) is 23.1. The molecule has 0 saturated carbocycles. The quantitative estimate of drug-likeness (QED) is 0.299. The van der Waals surface area contributed by atoms with Crippen molar-refractivity contribution < 1.29 is 32.0 Å². The number of hydrogen-bond acceptors (Lipinski definition) is 5. The van der Waals surface area contributed by atoms with Gasteiger partial charge in [-0.05, 0) is 49.2 Å². The van der Waals surface area contributed by atoms with Gasteiger partial charge in [-0.2, -0.15) is 13.2 Å². The first-order valence-electron chi connectivity index (χ1n) is 10.2. The van der Waals surface area contributed by atoms with Crippen LogP contribution in [0, 0.1) is 5.82 Å². The van der Waals surface area contributed by atoms with Gasteiger partial charge >= 0.3 is 12.1 Å². The summed E-state index contributed by atoms with van der Waals surface area (Å²) in [7, 11) is 0. The molecule has 2 aromatic heterocycles. The molecule has 0 atom stereocenters. The number of aromatic nitrogens is 3. The Hall–Kier alpha value is -4.02. The number of carboxylic acids is 1. The molecular formula is C23H17F4N3O4. The van der Waals surface area contributed by atoms with Crippen molar-refractivity contribution >= 4 is 16.9 Å². The van der Waals surface area contributed by atoms with Crippen LogP contribution in [-0.4, -0.2) is 25.8 Å². The van der Waals surface area contributed by atoms with E-state index in [1.165, 1.54) is 47.0 Å². The lowest BCUT2D eigenvalue weighted by Gasteiger charge is -2.14. The van der Waals surface area contributed by atoms with Crippen LogP contribution in [0.25, 0.3) is 27.8 Å². The summed E-state index contributed by atoms with van der Waals surface area (Å²) in [5.41, 5.74) is 0.361. The molecule has 0 amide bonds. The van der Waals surface area contributed by atoms with Crippen LogP contribution in [0.15, 0.2) is 57.8 Å². The highest BCUT2D eigenvalue weighted by molar-refractivity contribution is 5.83. The predicted molar refractivity (Wildman–Crippen MR) is 113 cm³/mol. The van der Waals surface area contributed by atoms with Crippen LogP contribution in [0.2, 0.25) is 0 Å². The summed E-state index contributed by atoms with van der Waals surface area (Å²) in [4.78, 5) is 28.7. The maximum Gasteiger partial charge on any atom is 0.452 e. The van der Waals surface area contributed by atoms with Crippen LogP contribution in [0.4, 0.5) is 17.6 Å². The van der Waals surface area contributed by atoms with Crippen LogP contribution >= 0.6 is 0 Å². The third kappa shape index (κ3) is 4.82. The number of rotatable bonds is 7. The van der Waals surface area contributed by atoms with Gasteiger partial charge in [-0.25, -0.2) is 9.37 Å². The van der Waals surface area contributed by atoms with Gasteiger partial charge in [0.25, 0.3) is 5.56 Å². The second kappa shape index (κ2) is 9.08. The number of unbranched alkanes of at least 4 members (excludes halogenated alkanes) is 1. The molecule has 4 aromatic rings. The van der Waals surface area contributed by atoms with E-state index in [4.69, 9.17) is 5.11 Å². The minimum absolute atomic E-state index is 0.0494. The Morgan fingerprint density at radius 1 is 1.06 bits per heavy atom. The van der Waals surface area contributed by atoms with Gasteiger partial charge in [0, 0.05) is 24.5 Å². The predicted octanol–water partition coefficient (Wildman–Crippen LogP) is 5.00. The van der Waals surface area contributed by atoms with Crippen molar-refractivity contribution in [3.8, 4) is 16.9 Å². The zero-order valence-electron chi connectivity index (χ0n) is 17.5. The fraction of sp³-hybridized carbons (Fsp3) is 0.217. The van der Waals surface area contributed by atoms with Gasteiger partial charge in [-0.3, -0.25) is 14.2 Å². The van der Waals surface area contributed by atoms with Gasteiger partial charge in [0.2, 0.25) is 5.76 Å². The third-order valence-corrected chi connectivity index (χ3v) is 5.15. The van der Waals surface area contributed by atoms with E-state index in [1.54, 1.807) is 0 Å². The molecule has 0 aliphatic heterocycles. The van der Waals surface area contributed by atoms with Crippen molar-refractivity contribution in [1.29, 1.82) is 0 Å². The standard InChI is InChI=1S/C23H17F4N3O4/c24-14-6-8-15(9-7-14)30-20(3-1-2-4-21(31)32)28-18-11-13(5-10-16(18)22(30)33)17-12-19(34-29-17)23(25,26)27/h5-12H,1-4H2,(H,31,32). The average molecular weight is 475 g/mol. The summed E-state index contributed by atoms with van der Waals surface area (Å²) in [5, 5.41) is 12.5. The lowest BCUT2D eigenvalue weighted by molar-refractivity contribution is -0.155. The molecule has 0 fully saturated rings. The minimum Gasteiger partial charge on any atom is -0.481 e. The summed E-state index contributed by atoms with van der Waals surface area (Å²) in [5.74, 6) is -2.37. The SMILES string of the molecule is O=C(O)CCCCc1nc2cc(-c3cc(C(F)(F)F)on3)ccc2c(=O)n1-c1ccc(F)cc1. The highest BCUT2D eigenvalue weighted by atomic mass is 19.4. The molecule has 7 nitrogen and oxygen atoms in total. The molecule has 0 radical (unpaired) electrons. The van der Waals surface area contributed by atoms with Crippen LogP contribution in [0.5, 0.6) is 0 Å². The smallest absolute Gasteiger partial charge is 0.452 e. The first-order valence-corrected chi connectivity index (χ1v) is 10.2. The van der Waals surface area contributed by atoms with Crippen molar-refractivity contribution in [2.24, 2.45) is 0 Å². The van der Waals surface area contributed by atoms with Crippen molar-refractivity contribution in [2.75, 3.05) is 0 Å². The molecule has 11 heteroatoms. The van der Waals surface area contributed by atoms with E-state index in [-0.39, 0.29) is 35.0 Å². The monoisotopic (exact) mass is 475 g/mol. The minimum atomic E-state index is -4.69. The van der Waals surface area contributed by atoms with Gasteiger partial charge < -0.3 is 9.63 Å². The molecule has 0 aliphatic rings. The number of carboxylic acid groups (broad SMARTS) is 1. The molecule has 2 heterocycles. The van der Waals surface area contributed by atoms with Crippen molar-refractivity contribution in [3.63, 3.8) is 0 Å². The number of nitrogens with zero attached hydrogens (tertiary/aromatic N) is 3. The third-order valence-electron chi connectivity index (χ3n) is 5.15. The summed E-state index contributed by atoms with van der Waals surface area (Å²) < 4.78 is 57.7. The van der Waals surface area contributed by atoms with E-state index >= 15 is 0 Å². The van der Waals surface area contributed by atoms with E-state index in [9.17, 15) is 27.2 Å². The fourth-order valence-electron chi connectivity index (χ4n) is 3.52. The summed E-state index contributed by atoms with van der Waals surface area (Å²) >= 11 is 0. The van der Waals surface area contributed by atoms with Crippen LogP contribution < -0.4 is 5.56 Å². The lowest BCUT2D eigenvalue weighted by atomic mass is 10.1. The van der Waals surface area contributed by atoms with Gasteiger partial charge in [0.05, 0.1) is 16.6 Å². The number of carbonyl (C=O) groups is 1. The fourth-order valence-corrected chi connectivity index (χ4v) is 3.52.